The Labute approximate surface area is 173 Å². The molecule has 3 heterocycles. The predicted molar refractivity (Wildman–Crippen MR) is 114 cm³/mol. The Kier molecular flexibility index (Phi) is 5.08. The van der Waals surface area contributed by atoms with Crippen LogP contribution < -0.4 is 14.8 Å². The molecule has 1 amide bonds. The lowest BCUT2D eigenvalue weighted by atomic mass is 9.99. The average molecular weight is 410 g/mol. The van der Waals surface area contributed by atoms with Crippen LogP contribution in [0.4, 0.5) is 5.69 Å². The quantitative estimate of drug-likeness (QED) is 0.708. The van der Waals surface area contributed by atoms with Gasteiger partial charge in [-0.25, -0.2) is 4.98 Å². The number of aromatic nitrogens is 1. The molecule has 2 aromatic carbocycles. The topological polar surface area (TPSA) is 63.7 Å². The third-order valence-corrected chi connectivity index (χ3v) is 6.56. The number of rotatable bonds is 4. The normalized spacial score (nSPS) is 19.2. The summed E-state index contributed by atoms with van der Waals surface area (Å²) in [7, 11) is 0. The Morgan fingerprint density at radius 1 is 1.17 bits per heavy atom. The van der Waals surface area contributed by atoms with Crippen LogP contribution in [0.15, 0.2) is 42.5 Å². The largest absolute Gasteiger partial charge is 0.486 e. The Balaban J connectivity index is 1.21. The summed E-state index contributed by atoms with van der Waals surface area (Å²) in [6, 6.07) is 13.8. The van der Waals surface area contributed by atoms with Crippen LogP contribution in [-0.2, 0) is 4.79 Å². The highest BCUT2D eigenvalue weighted by Crippen LogP contribution is 2.34. The third-order valence-electron chi connectivity index (χ3n) is 5.36. The highest BCUT2D eigenvalue weighted by Gasteiger charge is 2.25. The van der Waals surface area contributed by atoms with Crippen molar-refractivity contribution in [3.8, 4) is 11.5 Å². The van der Waals surface area contributed by atoms with Crippen molar-refractivity contribution in [3.63, 3.8) is 0 Å². The van der Waals surface area contributed by atoms with Gasteiger partial charge in [0.05, 0.1) is 21.8 Å². The van der Waals surface area contributed by atoms with Gasteiger partial charge in [-0.15, -0.1) is 11.3 Å². The van der Waals surface area contributed by atoms with Crippen LogP contribution in [-0.4, -0.2) is 48.6 Å². The molecular weight excluding hydrogens is 386 g/mol. The van der Waals surface area contributed by atoms with E-state index >= 15 is 0 Å². The molecular formula is C22H23N3O3S. The molecule has 1 fully saturated rings. The second-order valence-corrected chi connectivity index (χ2v) is 8.56. The molecule has 2 aliphatic heterocycles. The van der Waals surface area contributed by atoms with Gasteiger partial charge in [0.1, 0.15) is 13.2 Å². The van der Waals surface area contributed by atoms with Crippen LogP contribution in [0.3, 0.4) is 0 Å². The molecule has 0 bridgehead atoms. The van der Waals surface area contributed by atoms with E-state index in [4.69, 9.17) is 14.5 Å². The highest BCUT2D eigenvalue weighted by atomic mass is 32.1. The van der Waals surface area contributed by atoms with E-state index in [0.29, 0.717) is 31.4 Å². The lowest BCUT2D eigenvalue weighted by Gasteiger charge is -2.31. The van der Waals surface area contributed by atoms with Gasteiger partial charge < -0.3 is 14.8 Å². The molecule has 2 aliphatic rings. The van der Waals surface area contributed by atoms with Crippen molar-refractivity contribution >= 4 is 33.1 Å². The van der Waals surface area contributed by atoms with Crippen molar-refractivity contribution in [2.75, 3.05) is 38.2 Å². The number of hydrogen-bond acceptors (Lipinski definition) is 6. The van der Waals surface area contributed by atoms with Gasteiger partial charge in [-0.05, 0) is 43.7 Å². The van der Waals surface area contributed by atoms with Crippen LogP contribution in [0, 0.1) is 0 Å². The van der Waals surface area contributed by atoms with E-state index in [0.717, 1.165) is 42.9 Å². The molecule has 0 saturated carbocycles. The fourth-order valence-corrected chi connectivity index (χ4v) is 5.08. The smallest absolute Gasteiger partial charge is 0.238 e. The number of amides is 1. The zero-order valence-corrected chi connectivity index (χ0v) is 16.9. The van der Waals surface area contributed by atoms with E-state index in [1.807, 2.05) is 24.3 Å². The van der Waals surface area contributed by atoms with Gasteiger partial charge >= 0.3 is 0 Å². The third kappa shape index (κ3) is 4.06. The Morgan fingerprint density at radius 3 is 2.93 bits per heavy atom. The maximum Gasteiger partial charge on any atom is 0.238 e. The molecule has 1 saturated heterocycles. The number of fused-ring (bicyclic) bond motifs is 2. The molecule has 0 radical (unpaired) electrons. The molecule has 0 unspecified atom stereocenters. The van der Waals surface area contributed by atoms with Crippen LogP contribution in [0.1, 0.15) is 23.8 Å². The van der Waals surface area contributed by atoms with Crippen LogP contribution >= 0.6 is 11.3 Å². The molecule has 1 aromatic heterocycles. The molecule has 6 nitrogen and oxygen atoms in total. The van der Waals surface area contributed by atoms with Crippen molar-refractivity contribution in [2.24, 2.45) is 0 Å². The highest BCUT2D eigenvalue weighted by molar-refractivity contribution is 7.18. The van der Waals surface area contributed by atoms with Crippen LogP contribution in [0.25, 0.3) is 10.2 Å². The first-order valence-electron chi connectivity index (χ1n) is 10.0. The Hall–Kier alpha value is -2.64. The Bertz CT molecular complexity index is 1000. The number of carbonyl (C=O) groups excluding carboxylic acids is 1. The lowest BCUT2D eigenvalue weighted by molar-refractivity contribution is -0.117. The van der Waals surface area contributed by atoms with Gasteiger partial charge in [0, 0.05) is 24.2 Å². The minimum absolute atomic E-state index is 0.00775. The molecule has 0 spiro atoms. The number of piperidine rings is 1. The number of benzene rings is 2. The number of hydrogen-bond donors (Lipinski definition) is 1. The number of nitrogens with zero attached hydrogens (tertiary/aromatic N) is 2. The fraction of sp³-hybridized carbons (Fsp3) is 0.364. The number of carbonyl (C=O) groups is 1. The first kappa shape index (κ1) is 18.4. The van der Waals surface area contributed by atoms with Crippen molar-refractivity contribution < 1.29 is 14.3 Å². The molecule has 1 N–H and O–H groups in total. The summed E-state index contributed by atoms with van der Waals surface area (Å²) in [5.41, 5.74) is 1.81. The number of nitrogens with one attached hydrogen (secondary N) is 1. The summed E-state index contributed by atoms with van der Waals surface area (Å²) in [5.74, 6) is 1.79. The molecule has 1 atom stereocenters. The van der Waals surface area contributed by atoms with E-state index in [-0.39, 0.29) is 5.91 Å². The number of ether oxygens (including phenoxy) is 2. The summed E-state index contributed by atoms with van der Waals surface area (Å²) in [5, 5.41) is 4.17. The SMILES string of the molecule is O=C(CN1CCC[C@@H](c2nc3ccccc3s2)C1)Nc1ccc2c(c1)OCCO2. The van der Waals surface area contributed by atoms with Gasteiger partial charge in [0.2, 0.25) is 5.91 Å². The number of anilines is 1. The maximum absolute atomic E-state index is 12.6. The van der Waals surface area contributed by atoms with Gasteiger partial charge in [-0.1, -0.05) is 12.1 Å². The second-order valence-electron chi connectivity index (χ2n) is 7.50. The molecule has 0 aliphatic carbocycles. The molecule has 29 heavy (non-hydrogen) atoms. The molecule has 150 valence electrons. The van der Waals surface area contributed by atoms with Crippen LogP contribution in [0.5, 0.6) is 11.5 Å². The zero-order chi connectivity index (χ0) is 19.6. The minimum Gasteiger partial charge on any atom is -0.486 e. The van der Waals surface area contributed by atoms with Gasteiger partial charge in [0.25, 0.3) is 0 Å². The minimum atomic E-state index is -0.00775. The zero-order valence-electron chi connectivity index (χ0n) is 16.1. The van der Waals surface area contributed by atoms with E-state index in [9.17, 15) is 4.79 Å². The second kappa shape index (κ2) is 8.00. The van der Waals surface area contributed by atoms with Crippen molar-refractivity contribution in [1.82, 2.24) is 9.88 Å². The molecule has 3 aromatic rings. The Morgan fingerprint density at radius 2 is 2.03 bits per heavy atom. The molecule has 5 rings (SSSR count). The fourth-order valence-electron chi connectivity index (χ4n) is 3.99. The molecule has 7 heteroatoms. The average Bonchev–Trinajstić information content (AvgIpc) is 3.18. The van der Waals surface area contributed by atoms with Gasteiger partial charge in [-0.3, -0.25) is 9.69 Å². The van der Waals surface area contributed by atoms with E-state index in [1.54, 1.807) is 11.3 Å². The number of likely N-dealkylation sites (tertiary alicyclic amines) is 1. The maximum atomic E-state index is 12.6. The first-order valence-corrected chi connectivity index (χ1v) is 10.8. The number of thiazole rings is 1. The summed E-state index contributed by atoms with van der Waals surface area (Å²) >= 11 is 1.78. The van der Waals surface area contributed by atoms with E-state index < -0.39 is 0 Å². The standard InChI is InChI=1S/C22H23N3O3S/c26-21(23-16-7-8-18-19(12-16)28-11-10-27-18)14-25-9-3-4-15(13-25)22-24-17-5-1-2-6-20(17)29-22/h1-2,5-8,12,15H,3-4,9-11,13-14H2,(H,23,26)/t15-/m1/s1. The van der Waals surface area contributed by atoms with Crippen molar-refractivity contribution in [3.05, 3.63) is 47.5 Å². The lowest BCUT2D eigenvalue weighted by Crippen LogP contribution is -2.39. The van der Waals surface area contributed by atoms with Gasteiger partial charge in [0.15, 0.2) is 11.5 Å². The summed E-state index contributed by atoms with van der Waals surface area (Å²) < 4.78 is 12.4. The summed E-state index contributed by atoms with van der Waals surface area (Å²) in [6.45, 7) is 3.29. The van der Waals surface area contributed by atoms with Crippen molar-refractivity contribution in [1.29, 1.82) is 0 Å². The predicted octanol–water partition coefficient (Wildman–Crippen LogP) is 3.89. The van der Waals surface area contributed by atoms with Gasteiger partial charge in [-0.2, -0.15) is 0 Å². The van der Waals surface area contributed by atoms with Crippen molar-refractivity contribution in [2.45, 2.75) is 18.8 Å². The first-order chi connectivity index (χ1) is 14.2. The van der Waals surface area contributed by atoms with E-state index in [2.05, 4.69) is 28.4 Å². The number of para-hydroxylation sites is 1. The monoisotopic (exact) mass is 409 g/mol. The van der Waals surface area contributed by atoms with E-state index in [1.165, 1.54) is 9.71 Å². The van der Waals surface area contributed by atoms with Crippen LogP contribution in [0.2, 0.25) is 0 Å². The summed E-state index contributed by atoms with van der Waals surface area (Å²) in [6.07, 6.45) is 2.21. The summed E-state index contributed by atoms with van der Waals surface area (Å²) in [4.78, 5) is 19.6.